The summed E-state index contributed by atoms with van der Waals surface area (Å²) in [6.45, 7) is 4.05. The van der Waals surface area contributed by atoms with Crippen molar-refractivity contribution in [2.24, 2.45) is 4.99 Å². The fourth-order valence-corrected chi connectivity index (χ4v) is 3.77. The monoisotopic (exact) mass is 415 g/mol. The maximum Gasteiger partial charge on any atom is 0.267 e. The zero-order chi connectivity index (χ0) is 19.2. The summed E-state index contributed by atoms with van der Waals surface area (Å²) in [5, 5.41) is 1.39. The molecule has 0 N–H and O–H groups in total. The topological polar surface area (TPSA) is 45.6 Å². The number of halogens is 2. The highest BCUT2D eigenvalue weighted by Crippen LogP contribution is 2.35. The first-order valence-corrected chi connectivity index (χ1v) is 9.58. The normalized spacial score (nSPS) is 17.8. The second-order valence-electron chi connectivity index (χ2n) is 5.48. The first-order chi connectivity index (χ1) is 13.1. The molecule has 2 aromatic rings. The Morgan fingerprint density at radius 1 is 1.30 bits per heavy atom. The third-order valence-electron chi connectivity index (χ3n) is 3.54. The quantitative estimate of drug-likeness (QED) is 0.468. The van der Waals surface area contributed by atoms with Gasteiger partial charge in [-0.15, -0.1) is 6.58 Å². The number of allylic oxidation sites excluding steroid dienone is 2. The molecule has 1 aromatic carbocycles. The fourth-order valence-electron chi connectivity index (χ4n) is 2.32. The second kappa shape index (κ2) is 9.04. The Kier molecular flexibility index (Phi) is 6.50. The van der Waals surface area contributed by atoms with E-state index in [-0.39, 0.29) is 5.91 Å². The highest BCUT2D eigenvalue weighted by Gasteiger charge is 2.32. The first-order valence-electron chi connectivity index (χ1n) is 8.01. The van der Waals surface area contributed by atoms with Crippen LogP contribution in [0.25, 0.3) is 6.08 Å². The summed E-state index contributed by atoms with van der Waals surface area (Å²) in [7, 11) is 0. The number of amidine groups is 1. The third kappa shape index (κ3) is 4.89. The number of aromatic nitrogens is 1. The van der Waals surface area contributed by atoms with Crippen LogP contribution in [0.2, 0.25) is 5.02 Å². The molecule has 1 saturated heterocycles. The largest absolute Gasteiger partial charge is 0.283 e. The summed E-state index contributed by atoms with van der Waals surface area (Å²) in [6, 6.07) is 11.3. The van der Waals surface area contributed by atoms with Crippen LogP contribution in [-0.4, -0.2) is 27.5 Å². The van der Waals surface area contributed by atoms with Gasteiger partial charge >= 0.3 is 0 Å². The van der Waals surface area contributed by atoms with E-state index in [1.54, 1.807) is 30.5 Å². The van der Waals surface area contributed by atoms with Crippen molar-refractivity contribution in [3.8, 4) is 0 Å². The molecule has 1 aliphatic rings. The van der Waals surface area contributed by atoms with E-state index in [1.165, 1.54) is 22.9 Å². The molecule has 4 nitrogen and oxygen atoms in total. The highest BCUT2D eigenvalue weighted by atomic mass is 35.5. The van der Waals surface area contributed by atoms with Crippen molar-refractivity contribution in [2.75, 3.05) is 6.54 Å². The zero-order valence-corrected chi connectivity index (χ0v) is 16.5. The molecule has 2 heterocycles. The van der Waals surface area contributed by atoms with Gasteiger partial charge in [-0.05, 0) is 35.5 Å². The number of rotatable bonds is 5. The minimum absolute atomic E-state index is 0.177. The van der Waals surface area contributed by atoms with Crippen molar-refractivity contribution >= 4 is 57.8 Å². The van der Waals surface area contributed by atoms with Gasteiger partial charge in [-0.3, -0.25) is 14.7 Å². The van der Waals surface area contributed by atoms with Crippen molar-refractivity contribution < 1.29 is 4.79 Å². The summed E-state index contributed by atoms with van der Waals surface area (Å²) >= 11 is 13.7. The molecule has 1 aromatic heterocycles. The van der Waals surface area contributed by atoms with E-state index in [9.17, 15) is 4.79 Å². The van der Waals surface area contributed by atoms with Crippen molar-refractivity contribution in [1.82, 2.24) is 9.88 Å². The Bertz CT molecular complexity index is 955. The zero-order valence-electron chi connectivity index (χ0n) is 14.2. The SMILES string of the molecule is C=CCN1C(=O)/C(=C/C(Cl)=C/c2ccccc2)SC1=Nc1ccncc1Cl. The molecular formula is C20H15Cl2N3OS. The van der Waals surface area contributed by atoms with Gasteiger partial charge in [0.05, 0.1) is 15.6 Å². The van der Waals surface area contributed by atoms with Gasteiger partial charge in [0.1, 0.15) is 0 Å². The number of hydrogen-bond acceptors (Lipinski definition) is 4. The summed E-state index contributed by atoms with van der Waals surface area (Å²) in [5.41, 5.74) is 1.50. The van der Waals surface area contributed by atoms with Crippen molar-refractivity contribution in [2.45, 2.75) is 0 Å². The molecule has 0 atom stereocenters. The van der Waals surface area contributed by atoms with Crippen LogP contribution in [0.5, 0.6) is 0 Å². The number of amides is 1. The smallest absolute Gasteiger partial charge is 0.267 e. The Hall–Kier alpha value is -2.34. The van der Waals surface area contributed by atoms with E-state index in [1.807, 2.05) is 30.3 Å². The van der Waals surface area contributed by atoms with Crippen LogP contribution >= 0.6 is 35.0 Å². The van der Waals surface area contributed by atoms with Crippen LogP contribution < -0.4 is 0 Å². The van der Waals surface area contributed by atoms with E-state index in [2.05, 4.69) is 16.6 Å². The Balaban J connectivity index is 1.92. The number of hydrogen-bond donors (Lipinski definition) is 0. The molecule has 0 radical (unpaired) electrons. The molecule has 0 aliphatic carbocycles. The average Bonchev–Trinajstić information content (AvgIpc) is 2.93. The second-order valence-corrected chi connectivity index (χ2v) is 7.33. The van der Waals surface area contributed by atoms with Crippen LogP contribution in [0, 0.1) is 0 Å². The van der Waals surface area contributed by atoms with Crippen molar-refractivity contribution in [3.05, 3.63) is 88.0 Å². The van der Waals surface area contributed by atoms with Gasteiger partial charge in [0, 0.05) is 24.0 Å². The number of carbonyl (C=O) groups excluding carboxylic acids is 1. The van der Waals surface area contributed by atoms with Crippen LogP contribution in [0.15, 0.2) is 82.5 Å². The number of carbonyl (C=O) groups is 1. The van der Waals surface area contributed by atoms with Gasteiger partial charge < -0.3 is 0 Å². The van der Waals surface area contributed by atoms with Crippen LogP contribution in [0.1, 0.15) is 5.56 Å². The van der Waals surface area contributed by atoms with Gasteiger partial charge in [0.25, 0.3) is 5.91 Å². The molecule has 136 valence electrons. The van der Waals surface area contributed by atoms with Crippen molar-refractivity contribution in [1.29, 1.82) is 0 Å². The predicted molar refractivity (Wildman–Crippen MR) is 114 cm³/mol. The van der Waals surface area contributed by atoms with Crippen molar-refractivity contribution in [3.63, 3.8) is 0 Å². The van der Waals surface area contributed by atoms with Crippen LogP contribution in [-0.2, 0) is 4.79 Å². The van der Waals surface area contributed by atoms with E-state index in [0.29, 0.717) is 32.4 Å². The molecule has 0 saturated carbocycles. The summed E-state index contributed by atoms with van der Waals surface area (Å²) in [4.78, 5) is 23.2. The van der Waals surface area contributed by atoms with Gasteiger partial charge in [-0.25, -0.2) is 4.99 Å². The highest BCUT2D eigenvalue weighted by molar-refractivity contribution is 8.18. The Morgan fingerprint density at radius 3 is 2.78 bits per heavy atom. The van der Waals surface area contributed by atoms with Gasteiger partial charge in [0.2, 0.25) is 0 Å². The number of nitrogens with zero attached hydrogens (tertiary/aromatic N) is 3. The lowest BCUT2D eigenvalue weighted by atomic mass is 10.2. The van der Waals surface area contributed by atoms with E-state index in [0.717, 1.165) is 5.56 Å². The van der Waals surface area contributed by atoms with E-state index < -0.39 is 0 Å². The molecule has 7 heteroatoms. The third-order valence-corrected chi connectivity index (χ3v) is 5.06. The van der Waals surface area contributed by atoms with Crippen LogP contribution in [0.4, 0.5) is 5.69 Å². The van der Waals surface area contributed by atoms with Gasteiger partial charge in [-0.1, -0.05) is 59.6 Å². The minimum atomic E-state index is -0.177. The molecule has 0 unspecified atom stereocenters. The Morgan fingerprint density at radius 2 is 2.07 bits per heavy atom. The van der Waals surface area contributed by atoms with Crippen LogP contribution in [0.3, 0.4) is 0 Å². The number of benzene rings is 1. The Labute approximate surface area is 171 Å². The molecule has 27 heavy (non-hydrogen) atoms. The maximum atomic E-state index is 12.7. The number of pyridine rings is 1. The predicted octanol–water partition coefficient (Wildman–Crippen LogP) is 5.65. The number of aliphatic imine (C=N–C) groups is 1. The first kappa shape index (κ1) is 19.4. The summed E-state index contributed by atoms with van der Waals surface area (Å²) < 4.78 is 0. The number of thioether (sulfide) groups is 1. The minimum Gasteiger partial charge on any atom is -0.283 e. The fraction of sp³-hybridized carbons (Fsp3) is 0.0500. The molecule has 1 fully saturated rings. The average molecular weight is 416 g/mol. The standard InChI is InChI=1S/C20H15Cl2N3OS/c1-2-10-25-19(26)18(12-15(21)11-14-6-4-3-5-7-14)27-20(25)24-17-8-9-23-13-16(17)22/h2-9,11-13H,1,10H2/b15-11-,18-12-,24-20?. The van der Waals surface area contributed by atoms with E-state index >= 15 is 0 Å². The molecule has 1 aliphatic heterocycles. The van der Waals surface area contributed by atoms with Gasteiger partial charge in [0.15, 0.2) is 5.17 Å². The molecular weight excluding hydrogens is 401 g/mol. The lowest BCUT2D eigenvalue weighted by Crippen LogP contribution is -2.29. The lowest BCUT2D eigenvalue weighted by Gasteiger charge is -2.12. The molecule has 1 amide bonds. The lowest BCUT2D eigenvalue weighted by molar-refractivity contribution is -0.121. The molecule has 0 bridgehead atoms. The summed E-state index contributed by atoms with van der Waals surface area (Å²) in [5.74, 6) is -0.177. The molecule has 3 rings (SSSR count). The molecule has 0 spiro atoms. The summed E-state index contributed by atoms with van der Waals surface area (Å²) in [6.07, 6.45) is 8.20. The van der Waals surface area contributed by atoms with Gasteiger partial charge in [-0.2, -0.15) is 0 Å². The van der Waals surface area contributed by atoms with E-state index in [4.69, 9.17) is 23.2 Å². The maximum absolute atomic E-state index is 12.7.